The quantitative estimate of drug-likeness (QED) is 0.585. The van der Waals surface area contributed by atoms with E-state index in [2.05, 4.69) is 19.9 Å². The van der Waals surface area contributed by atoms with E-state index in [1.54, 1.807) is 0 Å². The van der Waals surface area contributed by atoms with Crippen LogP contribution in [0.25, 0.3) is 22.8 Å². The summed E-state index contributed by atoms with van der Waals surface area (Å²) in [6, 6.07) is 5.31. The maximum absolute atomic E-state index is 12.0. The summed E-state index contributed by atoms with van der Waals surface area (Å²) in [5, 5.41) is 20.4. The minimum Gasteiger partial charge on any atom is -0.507 e. The number of phenols is 1. The zero-order valence-corrected chi connectivity index (χ0v) is 16.5. The van der Waals surface area contributed by atoms with Crippen molar-refractivity contribution in [3.05, 3.63) is 29.8 Å². The van der Waals surface area contributed by atoms with Gasteiger partial charge in [0.1, 0.15) is 5.75 Å². The highest BCUT2D eigenvalue weighted by Crippen LogP contribution is 2.40. The molecule has 0 aliphatic rings. The first-order chi connectivity index (χ1) is 14.4. The molecule has 0 atom stereocenters. The largest absolute Gasteiger partial charge is 0.507 e. The van der Waals surface area contributed by atoms with Gasteiger partial charge in [-0.05, 0) is 12.1 Å². The van der Waals surface area contributed by atoms with E-state index in [0.717, 1.165) is 0 Å². The monoisotopic (exact) mass is 414 g/mol. The number of carboxylic acids is 1. The normalized spacial score (nSPS) is 10.4. The van der Waals surface area contributed by atoms with Crippen LogP contribution >= 0.6 is 0 Å². The lowest BCUT2D eigenvalue weighted by atomic mass is 9.98. The number of ether oxygens (including phenoxy) is 4. The van der Waals surface area contributed by atoms with Crippen LogP contribution in [0.2, 0.25) is 0 Å². The number of aromatic hydroxyl groups is 1. The first-order valence-corrected chi connectivity index (χ1v) is 8.46. The second kappa shape index (κ2) is 8.47. The highest BCUT2D eigenvalue weighted by molar-refractivity contribution is 6.01. The van der Waals surface area contributed by atoms with Gasteiger partial charge in [-0.3, -0.25) is 0 Å². The minimum atomic E-state index is -1.27. The molecule has 11 heteroatoms. The van der Waals surface area contributed by atoms with Gasteiger partial charge in [0.2, 0.25) is 23.5 Å². The smallest absolute Gasteiger partial charge is 0.336 e. The average molecular weight is 414 g/mol. The van der Waals surface area contributed by atoms with Crippen LogP contribution in [0.1, 0.15) is 10.4 Å². The summed E-state index contributed by atoms with van der Waals surface area (Å²) in [7, 11) is 5.58. The first kappa shape index (κ1) is 20.6. The molecular formula is C19H18N4O7. The summed E-state index contributed by atoms with van der Waals surface area (Å²) in [6.07, 6.45) is 0. The Morgan fingerprint density at radius 1 is 0.733 bits per heavy atom. The van der Waals surface area contributed by atoms with E-state index in [9.17, 15) is 15.0 Å². The lowest BCUT2D eigenvalue weighted by molar-refractivity contribution is 0.0697. The van der Waals surface area contributed by atoms with Gasteiger partial charge in [-0.25, -0.2) is 4.79 Å². The van der Waals surface area contributed by atoms with Crippen LogP contribution in [0.4, 0.5) is 0 Å². The molecule has 2 N–H and O–H groups in total. The van der Waals surface area contributed by atoms with Crippen LogP contribution in [0.15, 0.2) is 24.3 Å². The Labute approximate surface area is 170 Å². The van der Waals surface area contributed by atoms with Gasteiger partial charge in [0.05, 0.1) is 51.7 Å². The maximum Gasteiger partial charge on any atom is 0.336 e. The van der Waals surface area contributed by atoms with Crippen LogP contribution < -0.4 is 18.9 Å². The second-order valence-corrected chi connectivity index (χ2v) is 5.74. The summed E-state index contributed by atoms with van der Waals surface area (Å²) in [5.74, 6) is -1.13. The van der Waals surface area contributed by atoms with Crippen molar-refractivity contribution in [2.24, 2.45) is 0 Å². The number of aromatic nitrogens is 4. The topological polar surface area (TPSA) is 146 Å². The molecule has 0 radical (unpaired) electrons. The van der Waals surface area contributed by atoms with E-state index in [-0.39, 0.29) is 57.6 Å². The molecule has 0 spiro atoms. The van der Waals surface area contributed by atoms with Gasteiger partial charge in [-0.15, -0.1) is 0 Å². The molecule has 156 valence electrons. The predicted octanol–water partition coefficient (Wildman–Crippen LogP) is 2.04. The number of hydrogen-bond donors (Lipinski definition) is 2. The van der Waals surface area contributed by atoms with Crippen LogP contribution in [-0.2, 0) is 0 Å². The van der Waals surface area contributed by atoms with Gasteiger partial charge in [0, 0.05) is 5.56 Å². The molecule has 0 fully saturated rings. The highest BCUT2D eigenvalue weighted by atomic mass is 16.5. The fourth-order valence-electron chi connectivity index (χ4n) is 2.68. The molecule has 0 bridgehead atoms. The third-order valence-electron chi connectivity index (χ3n) is 4.06. The highest BCUT2D eigenvalue weighted by Gasteiger charge is 2.26. The molecule has 0 amide bonds. The Morgan fingerprint density at radius 2 is 1.13 bits per heavy atom. The van der Waals surface area contributed by atoms with E-state index in [1.165, 1.54) is 52.7 Å². The van der Waals surface area contributed by atoms with Crippen molar-refractivity contribution in [2.75, 3.05) is 28.4 Å². The minimum absolute atomic E-state index is 0.0255. The summed E-state index contributed by atoms with van der Waals surface area (Å²) in [6.45, 7) is 0. The fourth-order valence-corrected chi connectivity index (χ4v) is 2.68. The van der Waals surface area contributed by atoms with Crippen molar-refractivity contribution in [1.29, 1.82) is 0 Å². The number of rotatable bonds is 7. The molecule has 3 aromatic rings. The van der Waals surface area contributed by atoms with Crippen molar-refractivity contribution in [3.63, 3.8) is 0 Å². The van der Waals surface area contributed by atoms with Crippen molar-refractivity contribution < 1.29 is 34.0 Å². The van der Waals surface area contributed by atoms with Gasteiger partial charge in [-0.1, -0.05) is 0 Å². The third-order valence-corrected chi connectivity index (χ3v) is 4.06. The first-order valence-electron chi connectivity index (χ1n) is 8.46. The number of phenolic OH excluding ortho intramolecular Hbond substituents is 1. The molecular weight excluding hydrogens is 396 g/mol. The molecule has 0 saturated heterocycles. The zero-order chi connectivity index (χ0) is 21.8. The molecule has 2 heterocycles. The number of benzene rings is 1. The number of carboxylic acid groups (broad SMARTS) is 1. The number of nitrogens with zero attached hydrogens (tertiary/aromatic N) is 4. The molecule has 30 heavy (non-hydrogen) atoms. The Balaban J connectivity index is 2.42. The standard InChI is InChI=1S/C19H18N4O7/c1-27-11-7-12(28-2)21-17(20-11)15-9(19(25)26)5-6-10(24)16(15)18-22-13(29-3)8-14(23-18)30-4/h5-8,24H,1-4H3,(H,25,26). The fraction of sp³-hybridized carbons (Fsp3) is 0.211. The van der Waals surface area contributed by atoms with Crippen LogP contribution in [-0.4, -0.2) is 64.6 Å². The van der Waals surface area contributed by atoms with Crippen molar-refractivity contribution in [1.82, 2.24) is 19.9 Å². The van der Waals surface area contributed by atoms with Crippen molar-refractivity contribution in [2.45, 2.75) is 0 Å². The van der Waals surface area contributed by atoms with Crippen LogP contribution in [0, 0.1) is 0 Å². The maximum atomic E-state index is 12.0. The summed E-state index contributed by atoms with van der Waals surface area (Å²) in [4.78, 5) is 28.8. The number of carbonyl (C=O) groups is 1. The molecule has 2 aromatic heterocycles. The summed E-state index contributed by atoms with van der Waals surface area (Å²) < 4.78 is 20.6. The molecule has 0 aliphatic carbocycles. The molecule has 1 aromatic carbocycles. The van der Waals surface area contributed by atoms with Gasteiger partial charge in [0.15, 0.2) is 11.6 Å². The van der Waals surface area contributed by atoms with E-state index in [1.807, 2.05) is 0 Å². The van der Waals surface area contributed by atoms with Crippen LogP contribution in [0.3, 0.4) is 0 Å². The molecule has 0 saturated carbocycles. The molecule has 0 aliphatic heterocycles. The number of aromatic carboxylic acids is 1. The van der Waals surface area contributed by atoms with Crippen molar-refractivity contribution in [3.8, 4) is 52.0 Å². The Bertz CT molecular complexity index is 1060. The SMILES string of the molecule is COc1cc(OC)nc(-c2c(O)ccc(C(=O)O)c2-c2nc(OC)cc(OC)n2)n1. The zero-order valence-electron chi connectivity index (χ0n) is 16.5. The molecule has 3 rings (SSSR count). The van der Waals surface area contributed by atoms with E-state index in [0.29, 0.717) is 0 Å². The van der Waals surface area contributed by atoms with Crippen molar-refractivity contribution >= 4 is 5.97 Å². The Hall–Kier alpha value is -4.15. The van der Waals surface area contributed by atoms with Gasteiger partial charge in [0.25, 0.3) is 0 Å². The average Bonchev–Trinajstić information content (AvgIpc) is 2.77. The number of methoxy groups -OCH3 is 4. The summed E-state index contributed by atoms with van der Waals surface area (Å²) in [5.41, 5.74) is -0.249. The molecule has 0 unspecified atom stereocenters. The molecule has 11 nitrogen and oxygen atoms in total. The Morgan fingerprint density at radius 3 is 1.50 bits per heavy atom. The van der Waals surface area contributed by atoms with Crippen LogP contribution in [0.5, 0.6) is 29.3 Å². The Kier molecular flexibility index (Phi) is 5.81. The van der Waals surface area contributed by atoms with Gasteiger partial charge >= 0.3 is 5.97 Å². The number of hydrogen-bond acceptors (Lipinski definition) is 10. The lowest BCUT2D eigenvalue weighted by Crippen LogP contribution is -2.07. The summed E-state index contributed by atoms with van der Waals surface area (Å²) >= 11 is 0. The predicted molar refractivity (Wildman–Crippen MR) is 103 cm³/mol. The van der Waals surface area contributed by atoms with E-state index in [4.69, 9.17) is 18.9 Å². The van der Waals surface area contributed by atoms with E-state index >= 15 is 0 Å². The third kappa shape index (κ3) is 3.85. The van der Waals surface area contributed by atoms with Gasteiger partial charge < -0.3 is 29.2 Å². The van der Waals surface area contributed by atoms with Gasteiger partial charge in [-0.2, -0.15) is 19.9 Å². The van der Waals surface area contributed by atoms with E-state index < -0.39 is 5.97 Å². The lowest BCUT2D eigenvalue weighted by Gasteiger charge is -2.15. The second-order valence-electron chi connectivity index (χ2n) is 5.74.